The largest absolute Gasteiger partial charge is 0.870 e. The predicted molar refractivity (Wildman–Crippen MR) is 14.0 cm³/mol. The van der Waals surface area contributed by atoms with Crippen molar-refractivity contribution in [2.24, 2.45) is 0 Å². The van der Waals surface area contributed by atoms with Gasteiger partial charge in [0.15, 0.2) is 0 Å². The Labute approximate surface area is 44.2 Å². The Hall–Kier alpha value is 0.524. The van der Waals surface area contributed by atoms with Crippen LogP contribution in [0.5, 0.6) is 0 Å². The van der Waals surface area contributed by atoms with Gasteiger partial charge in [-0.1, -0.05) is 0 Å². The Balaban J connectivity index is 0. The molecule has 36 valence electrons. The first-order valence-corrected chi connectivity index (χ1v) is 0. The van der Waals surface area contributed by atoms with Gasteiger partial charge in [0.05, 0.1) is 0 Å². The number of quaternary nitrogens is 1. The third-order valence-corrected chi connectivity index (χ3v) is 0. The summed E-state index contributed by atoms with van der Waals surface area (Å²) in [6, 6.07) is 0. The molecule has 5 heavy (non-hydrogen) atoms. The molecule has 0 aliphatic heterocycles. The van der Waals surface area contributed by atoms with Crippen molar-refractivity contribution in [3.63, 3.8) is 0 Å². The van der Waals surface area contributed by atoms with Crippen LogP contribution >= 0.6 is 0 Å². The van der Waals surface area contributed by atoms with Gasteiger partial charge in [0.1, 0.15) is 0 Å². The first kappa shape index (κ1) is 411. The summed E-state index contributed by atoms with van der Waals surface area (Å²) in [6.07, 6.45) is 0. The van der Waals surface area contributed by atoms with Crippen molar-refractivity contribution < 1.29 is 37.4 Å². The molecule has 0 aromatic carbocycles. The van der Waals surface area contributed by atoms with E-state index in [4.69, 9.17) is 0 Å². The SMILES string of the molecule is F.O.[NH4+].[OH-].[Ti]. The summed E-state index contributed by atoms with van der Waals surface area (Å²) in [4.78, 5) is 0. The van der Waals surface area contributed by atoms with E-state index in [0.29, 0.717) is 0 Å². The van der Waals surface area contributed by atoms with E-state index in [1.165, 1.54) is 0 Å². The van der Waals surface area contributed by atoms with Gasteiger partial charge in [0.2, 0.25) is 0 Å². The second-order valence-corrected chi connectivity index (χ2v) is 0. The third kappa shape index (κ3) is 105. The Morgan fingerprint density at radius 2 is 1.00 bits per heavy atom. The van der Waals surface area contributed by atoms with E-state index >= 15 is 0 Å². The van der Waals surface area contributed by atoms with Gasteiger partial charge >= 0.3 is 0 Å². The zero-order chi connectivity index (χ0) is 0. The molecule has 0 amide bonds. The molecule has 3 nitrogen and oxygen atoms in total. The van der Waals surface area contributed by atoms with E-state index in [-0.39, 0.29) is 43.5 Å². The Kier molecular flexibility index (Phi) is 16800. The fraction of sp³-hybridized carbons (Fsp3) is 0. The molecule has 0 bridgehead atoms. The van der Waals surface area contributed by atoms with Gasteiger partial charge in [0.25, 0.3) is 0 Å². The fourth-order valence-corrected chi connectivity index (χ4v) is 0. The van der Waals surface area contributed by atoms with Crippen molar-refractivity contribution in [1.82, 2.24) is 6.15 Å². The molecule has 0 aromatic rings. The molecule has 0 spiro atoms. The zero-order valence-electron chi connectivity index (χ0n) is 2.86. The first-order valence-electron chi connectivity index (χ1n) is 0. The van der Waals surface area contributed by atoms with E-state index in [0.717, 1.165) is 0 Å². The first-order chi connectivity index (χ1) is 0. The molecule has 0 aliphatic rings. The molecule has 0 heterocycles. The molecule has 0 atom stereocenters. The van der Waals surface area contributed by atoms with Gasteiger partial charge in [-0.15, -0.1) is 0 Å². The summed E-state index contributed by atoms with van der Waals surface area (Å²) < 4.78 is 0. The van der Waals surface area contributed by atoms with Gasteiger partial charge in [-0.05, 0) is 0 Å². The molecular weight excluding hydrogens is 113 g/mol. The minimum atomic E-state index is 0. The summed E-state index contributed by atoms with van der Waals surface area (Å²) in [7, 11) is 0. The van der Waals surface area contributed by atoms with Gasteiger partial charge in [-0.25, -0.2) is 0 Å². The van der Waals surface area contributed by atoms with Crippen LogP contribution in [0.15, 0.2) is 0 Å². The average molecular weight is 121 g/mol. The summed E-state index contributed by atoms with van der Waals surface area (Å²) in [6.45, 7) is 0. The van der Waals surface area contributed by atoms with Crippen molar-refractivity contribution in [2.75, 3.05) is 0 Å². The molecule has 0 aromatic heterocycles. The summed E-state index contributed by atoms with van der Waals surface area (Å²) in [5.74, 6) is 0. The van der Waals surface area contributed by atoms with Crippen molar-refractivity contribution in [3.8, 4) is 0 Å². The number of hydrogen-bond donors (Lipinski definition) is 1. The molecule has 0 saturated heterocycles. The van der Waals surface area contributed by atoms with Crippen molar-refractivity contribution in [3.05, 3.63) is 0 Å². The minimum absolute atomic E-state index is 0. The molecule has 0 saturated carbocycles. The van der Waals surface area contributed by atoms with Gasteiger partial charge < -0.3 is 17.1 Å². The summed E-state index contributed by atoms with van der Waals surface area (Å²) in [5, 5.41) is 0. The smallest absolute Gasteiger partial charge is 0 e. The maximum absolute atomic E-state index is 0. The van der Waals surface area contributed by atoms with Crippen LogP contribution in [-0.2, 0) is 21.7 Å². The summed E-state index contributed by atoms with van der Waals surface area (Å²) >= 11 is 0. The van der Waals surface area contributed by atoms with E-state index in [9.17, 15) is 0 Å². The number of rotatable bonds is 0. The second-order valence-electron chi connectivity index (χ2n) is 0. The number of hydrogen-bond acceptors (Lipinski definition) is 1. The van der Waals surface area contributed by atoms with E-state index < -0.39 is 0 Å². The predicted octanol–water partition coefficient (Wildman–Crippen LogP) is -0.475. The standard InChI is InChI=1S/FH.H3N.2H2O.Ti/h1H;1H3;2*1H2;. The fourth-order valence-electron chi connectivity index (χ4n) is 0. The van der Waals surface area contributed by atoms with Crippen molar-refractivity contribution >= 4 is 0 Å². The Morgan fingerprint density at radius 3 is 1.00 bits per heavy atom. The molecule has 5 heteroatoms. The van der Waals surface area contributed by atoms with E-state index in [1.54, 1.807) is 0 Å². The van der Waals surface area contributed by atoms with Crippen molar-refractivity contribution in [2.45, 2.75) is 0 Å². The van der Waals surface area contributed by atoms with E-state index in [1.807, 2.05) is 0 Å². The summed E-state index contributed by atoms with van der Waals surface area (Å²) in [5.41, 5.74) is 0. The molecule has 7 N–H and O–H groups in total. The minimum Gasteiger partial charge on any atom is -0.870 e. The van der Waals surface area contributed by atoms with E-state index in [2.05, 4.69) is 0 Å². The van der Waals surface area contributed by atoms with Crippen LogP contribution in [0.25, 0.3) is 0 Å². The Bertz CT molecular complexity index is 9.61. The van der Waals surface area contributed by atoms with Crippen LogP contribution in [0.3, 0.4) is 0 Å². The van der Waals surface area contributed by atoms with Crippen LogP contribution in [-0.4, -0.2) is 11.0 Å². The molecule has 0 fully saturated rings. The van der Waals surface area contributed by atoms with Gasteiger partial charge in [-0.2, -0.15) is 0 Å². The van der Waals surface area contributed by atoms with Crippen molar-refractivity contribution in [1.29, 1.82) is 0 Å². The van der Waals surface area contributed by atoms with Crippen LogP contribution in [0.4, 0.5) is 4.70 Å². The Morgan fingerprint density at radius 1 is 1.00 bits per heavy atom. The maximum Gasteiger partial charge on any atom is 0 e. The monoisotopic (exact) mass is 121 g/mol. The third-order valence-electron chi connectivity index (χ3n) is 0. The van der Waals surface area contributed by atoms with Crippen LogP contribution < -0.4 is 6.15 Å². The van der Waals surface area contributed by atoms with Crippen LogP contribution in [0.2, 0.25) is 0 Å². The molecule has 0 unspecified atom stereocenters. The molecular formula is H8FNO2Ti. The maximum atomic E-state index is 0. The van der Waals surface area contributed by atoms with Gasteiger partial charge in [0, 0.05) is 21.7 Å². The normalized spacial score (nSPS) is 0. The average Bonchev–Trinajstić information content (AvgIpc) is 0. The second kappa shape index (κ2) is 204. The molecule has 0 rings (SSSR count). The van der Waals surface area contributed by atoms with Crippen LogP contribution in [0.1, 0.15) is 0 Å². The number of halogens is 1. The topological polar surface area (TPSA) is 98.0 Å². The quantitative estimate of drug-likeness (QED) is 0.430. The molecule has 0 aliphatic carbocycles. The van der Waals surface area contributed by atoms with Gasteiger partial charge in [-0.3, -0.25) is 4.70 Å². The zero-order valence-corrected chi connectivity index (χ0v) is 4.42. The van der Waals surface area contributed by atoms with Crippen LogP contribution in [0, 0.1) is 0 Å². The molecule has 0 radical (unpaired) electrons.